The molecule has 1 saturated heterocycles. The van der Waals surface area contributed by atoms with Crippen molar-refractivity contribution in [3.8, 4) is 5.75 Å². The zero-order valence-corrected chi connectivity index (χ0v) is 17.7. The zero-order chi connectivity index (χ0) is 19.2. The Labute approximate surface area is 167 Å². The summed E-state index contributed by atoms with van der Waals surface area (Å²) in [7, 11) is 0. The Morgan fingerprint density at radius 1 is 0.926 bits per heavy atom. The summed E-state index contributed by atoms with van der Waals surface area (Å²) in [5, 5.41) is 0. The second-order valence-corrected chi connectivity index (χ2v) is 8.26. The van der Waals surface area contributed by atoms with Crippen LogP contribution in [0.25, 0.3) is 0 Å². The van der Waals surface area contributed by atoms with Crippen LogP contribution in [0.15, 0.2) is 36.4 Å². The van der Waals surface area contributed by atoms with Crippen molar-refractivity contribution in [2.75, 3.05) is 13.2 Å². The van der Waals surface area contributed by atoms with Crippen molar-refractivity contribution in [3.05, 3.63) is 42.0 Å². The van der Waals surface area contributed by atoms with Gasteiger partial charge in [-0.3, -0.25) is 0 Å². The van der Waals surface area contributed by atoms with Gasteiger partial charge in [0.1, 0.15) is 18.0 Å². The summed E-state index contributed by atoms with van der Waals surface area (Å²) in [6, 6.07) is 8.48. The van der Waals surface area contributed by atoms with E-state index in [9.17, 15) is 0 Å². The number of epoxide rings is 1. The normalized spacial score (nSPS) is 18.9. The Balaban J connectivity index is 1.48. The first-order chi connectivity index (χ1) is 13.2. The van der Waals surface area contributed by atoms with Crippen LogP contribution < -0.4 is 4.74 Å². The minimum absolute atomic E-state index is 0.0446. The smallest absolute Gasteiger partial charge is 0.123 e. The molecule has 0 saturated carbocycles. The summed E-state index contributed by atoms with van der Waals surface area (Å²) in [6.07, 6.45) is 20.5. The lowest BCUT2D eigenvalue weighted by atomic mass is 10.0. The van der Waals surface area contributed by atoms with Gasteiger partial charge in [-0.05, 0) is 57.1 Å². The van der Waals surface area contributed by atoms with E-state index < -0.39 is 0 Å². The fourth-order valence-electron chi connectivity index (χ4n) is 3.32. The van der Waals surface area contributed by atoms with Crippen molar-refractivity contribution >= 4 is 0 Å². The van der Waals surface area contributed by atoms with E-state index in [-0.39, 0.29) is 5.60 Å². The molecule has 0 spiro atoms. The number of para-hydroxylation sites is 1. The number of rotatable bonds is 16. The molecule has 0 radical (unpaired) electrons. The van der Waals surface area contributed by atoms with Crippen molar-refractivity contribution in [1.82, 2.24) is 0 Å². The first-order valence-corrected chi connectivity index (χ1v) is 11.2. The van der Waals surface area contributed by atoms with Crippen molar-refractivity contribution < 1.29 is 9.47 Å². The van der Waals surface area contributed by atoms with E-state index in [0.29, 0.717) is 6.61 Å². The van der Waals surface area contributed by atoms with E-state index in [2.05, 4.69) is 50.3 Å². The fourth-order valence-corrected chi connectivity index (χ4v) is 3.32. The monoisotopic (exact) mass is 372 g/mol. The van der Waals surface area contributed by atoms with Gasteiger partial charge in [-0.25, -0.2) is 0 Å². The van der Waals surface area contributed by atoms with Gasteiger partial charge < -0.3 is 9.47 Å². The predicted molar refractivity (Wildman–Crippen MR) is 116 cm³/mol. The van der Waals surface area contributed by atoms with Gasteiger partial charge in [0.15, 0.2) is 0 Å². The van der Waals surface area contributed by atoms with Crippen LogP contribution in [0.2, 0.25) is 0 Å². The van der Waals surface area contributed by atoms with Gasteiger partial charge in [0.2, 0.25) is 0 Å². The molecule has 27 heavy (non-hydrogen) atoms. The SMILES string of the molecule is CCCCCC/C=C/CCCCCCCc1ccccc1OCC1(C)CO1. The highest BCUT2D eigenvalue weighted by Gasteiger charge is 2.40. The average Bonchev–Trinajstić information content (AvgIpc) is 3.42. The van der Waals surface area contributed by atoms with E-state index in [1.807, 2.05) is 0 Å². The first kappa shape index (κ1) is 22.0. The summed E-state index contributed by atoms with van der Waals surface area (Å²) >= 11 is 0. The molecule has 0 bridgehead atoms. The highest BCUT2D eigenvalue weighted by atomic mass is 16.6. The molecule has 1 aliphatic rings. The maximum Gasteiger partial charge on any atom is 0.123 e. The Hall–Kier alpha value is -1.28. The van der Waals surface area contributed by atoms with E-state index >= 15 is 0 Å². The molecule has 1 fully saturated rings. The van der Waals surface area contributed by atoms with E-state index in [4.69, 9.17) is 9.47 Å². The van der Waals surface area contributed by atoms with E-state index in [1.54, 1.807) is 0 Å². The van der Waals surface area contributed by atoms with Gasteiger partial charge in [0, 0.05) is 0 Å². The molecule has 2 heteroatoms. The standard InChI is InChI=1S/C25H40O2/c1-3-4-5-6-7-8-9-10-11-12-13-14-15-18-23-19-16-17-20-24(23)26-21-25(2)22-27-25/h8-9,16-17,19-20H,3-7,10-15,18,21-22H2,1-2H3/b9-8+. The Bertz CT molecular complexity index is 531. The number of hydrogen-bond donors (Lipinski definition) is 0. The van der Waals surface area contributed by atoms with Gasteiger partial charge in [-0.2, -0.15) is 0 Å². The zero-order valence-electron chi connectivity index (χ0n) is 17.7. The summed E-state index contributed by atoms with van der Waals surface area (Å²) in [5.74, 6) is 1.04. The van der Waals surface area contributed by atoms with Crippen LogP contribution in [0.3, 0.4) is 0 Å². The summed E-state index contributed by atoms with van der Waals surface area (Å²) in [6.45, 7) is 5.86. The Morgan fingerprint density at radius 2 is 1.56 bits per heavy atom. The average molecular weight is 373 g/mol. The van der Waals surface area contributed by atoms with Gasteiger partial charge in [-0.15, -0.1) is 0 Å². The molecular weight excluding hydrogens is 332 g/mol. The molecule has 1 aromatic carbocycles. The van der Waals surface area contributed by atoms with Crippen molar-refractivity contribution in [3.63, 3.8) is 0 Å². The molecular formula is C25H40O2. The molecule has 1 unspecified atom stereocenters. The third-order valence-corrected chi connectivity index (χ3v) is 5.35. The van der Waals surface area contributed by atoms with Crippen LogP contribution in [0.4, 0.5) is 0 Å². The Kier molecular flexibility index (Phi) is 10.6. The van der Waals surface area contributed by atoms with Gasteiger partial charge in [-0.1, -0.05) is 75.8 Å². The lowest BCUT2D eigenvalue weighted by Gasteiger charge is -2.13. The minimum atomic E-state index is -0.0446. The number of unbranched alkanes of at least 4 members (excludes halogenated alkanes) is 9. The molecule has 0 amide bonds. The topological polar surface area (TPSA) is 21.8 Å². The molecule has 0 N–H and O–H groups in total. The predicted octanol–water partition coefficient (Wildman–Crippen LogP) is 7.26. The van der Waals surface area contributed by atoms with Crippen LogP contribution in [0.1, 0.15) is 90.0 Å². The number of hydrogen-bond acceptors (Lipinski definition) is 2. The maximum absolute atomic E-state index is 6.00. The van der Waals surface area contributed by atoms with E-state index in [0.717, 1.165) is 18.8 Å². The summed E-state index contributed by atoms with van der Waals surface area (Å²) in [4.78, 5) is 0. The van der Waals surface area contributed by atoms with Crippen LogP contribution in [-0.4, -0.2) is 18.8 Å². The molecule has 0 aliphatic carbocycles. The minimum Gasteiger partial charge on any atom is -0.490 e. The molecule has 1 aliphatic heterocycles. The van der Waals surface area contributed by atoms with Crippen molar-refractivity contribution in [2.24, 2.45) is 0 Å². The van der Waals surface area contributed by atoms with Crippen LogP contribution >= 0.6 is 0 Å². The summed E-state index contributed by atoms with van der Waals surface area (Å²) < 4.78 is 11.4. The number of benzene rings is 1. The molecule has 2 rings (SSSR count). The molecule has 152 valence electrons. The lowest BCUT2D eigenvalue weighted by molar-refractivity contribution is 0.201. The quantitative estimate of drug-likeness (QED) is 0.173. The third-order valence-electron chi connectivity index (χ3n) is 5.35. The van der Waals surface area contributed by atoms with E-state index in [1.165, 1.54) is 76.2 Å². The molecule has 1 atom stereocenters. The first-order valence-electron chi connectivity index (χ1n) is 11.2. The van der Waals surface area contributed by atoms with Crippen LogP contribution in [-0.2, 0) is 11.2 Å². The Morgan fingerprint density at radius 3 is 2.26 bits per heavy atom. The highest BCUT2D eigenvalue weighted by Crippen LogP contribution is 2.28. The number of allylic oxidation sites excluding steroid dienone is 2. The maximum atomic E-state index is 6.00. The molecule has 2 nitrogen and oxygen atoms in total. The molecule has 1 aromatic rings. The summed E-state index contributed by atoms with van der Waals surface area (Å²) in [5.41, 5.74) is 1.30. The third kappa shape index (κ3) is 10.0. The van der Waals surface area contributed by atoms with Crippen LogP contribution in [0.5, 0.6) is 5.75 Å². The number of aryl methyl sites for hydroxylation is 1. The largest absolute Gasteiger partial charge is 0.490 e. The van der Waals surface area contributed by atoms with Crippen molar-refractivity contribution in [2.45, 2.75) is 96.5 Å². The van der Waals surface area contributed by atoms with Crippen molar-refractivity contribution in [1.29, 1.82) is 0 Å². The van der Waals surface area contributed by atoms with Gasteiger partial charge in [0.05, 0.1) is 6.61 Å². The highest BCUT2D eigenvalue weighted by molar-refractivity contribution is 5.33. The fraction of sp³-hybridized carbons (Fsp3) is 0.680. The second kappa shape index (κ2) is 13.0. The lowest BCUT2D eigenvalue weighted by Crippen LogP contribution is -2.17. The van der Waals surface area contributed by atoms with Gasteiger partial charge in [0.25, 0.3) is 0 Å². The second-order valence-electron chi connectivity index (χ2n) is 8.26. The van der Waals surface area contributed by atoms with Gasteiger partial charge >= 0.3 is 0 Å². The number of ether oxygens (including phenoxy) is 2. The molecule has 0 aromatic heterocycles. The van der Waals surface area contributed by atoms with Crippen LogP contribution in [0, 0.1) is 0 Å². The molecule has 1 heterocycles.